The van der Waals surface area contributed by atoms with Crippen LogP contribution in [0, 0.1) is 0 Å². The average molecular weight is 273 g/mol. The van der Waals surface area contributed by atoms with Crippen LogP contribution in [-0.2, 0) is 5.54 Å². The predicted molar refractivity (Wildman–Crippen MR) is 89.0 cm³/mol. The Morgan fingerprint density at radius 1 is 0.619 bits per heavy atom. The van der Waals surface area contributed by atoms with Crippen molar-refractivity contribution in [2.75, 3.05) is 0 Å². The van der Waals surface area contributed by atoms with Crippen molar-refractivity contribution in [3.63, 3.8) is 0 Å². The number of rotatable bonds is 3. The summed E-state index contributed by atoms with van der Waals surface area (Å²) in [6.45, 7) is 2.06. The molecule has 0 saturated heterocycles. The van der Waals surface area contributed by atoms with Gasteiger partial charge in [0.15, 0.2) is 0 Å². The molecule has 104 valence electrons. The maximum atomic E-state index is 6.61. The Morgan fingerprint density at radius 2 is 1.14 bits per heavy atom. The Hall–Kier alpha value is -2.38. The summed E-state index contributed by atoms with van der Waals surface area (Å²) < 4.78 is 0. The quantitative estimate of drug-likeness (QED) is 0.743. The van der Waals surface area contributed by atoms with E-state index in [-0.39, 0.29) is 0 Å². The summed E-state index contributed by atoms with van der Waals surface area (Å²) in [7, 11) is 0. The van der Waals surface area contributed by atoms with Gasteiger partial charge in [-0.05, 0) is 35.2 Å². The van der Waals surface area contributed by atoms with Crippen LogP contribution in [0.3, 0.4) is 0 Å². The maximum Gasteiger partial charge on any atom is 0.0637 e. The van der Waals surface area contributed by atoms with Crippen molar-refractivity contribution in [3.05, 3.63) is 96.1 Å². The molecule has 1 unspecified atom stereocenters. The van der Waals surface area contributed by atoms with E-state index in [0.29, 0.717) is 0 Å². The van der Waals surface area contributed by atoms with Crippen molar-refractivity contribution in [2.45, 2.75) is 12.5 Å². The first-order valence-corrected chi connectivity index (χ1v) is 7.18. The molecule has 0 aliphatic rings. The molecule has 1 heteroatoms. The molecular weight excluding hydrogens is 254 g/mol. The van der Waals surface area contributed by atoms with Crippen molar-refractivity contribution >= 4 is 0 Å². The Morgan fingerprint density at radius 3 is 1.81 bits per heavy atom. The standard InChI is InChI=1S/C20H19N/c1-20(21,18-12-6-3-7-13-18)19-14-8-11-17(15-19)16-9-4-2-5-10-16/h2-15H,21H2,1H3. The monoisotopic (exact) mass is 273 g/mol. The Labute approximate surface area is 126 Å². The molecule has 0 aliphatic carbocycles. The van der Waals surface area contributed by atoms with Gasteiger partial charge in [-0.25, -0.2) is 0 Å². The van der Waals surface area contributed by atoms with E-state index in [2.05, 4.69) is 67.6 Å². The molecule has 3 aromatic rings. The third-order valence-corrected chi connectivity index (χ3v) is 3.94. The Balaban J connectivity index is 2.04. The van der Waals surface area contributed by atoms with Crippen LogP contribution < -0.4 is 5.73 Å². The fourth-order valence-corrected chi connectivity index (χ4v) is 2.60. The molecule has 0 fully saturated rings. The van der Waals surface area contributed by atoms with Gasteiger partial charge in [-0.3, -0.25) is 0 Å². The fourth-order valence-electron chi connectivity index (χ4n) is 2.60. The highest BCUT2D eigenvalue weighted by atomic mass is 14.7. The number of benzene rings is 3. The molecule has 21 heavy (non-hydrogen) atoms. The van der Waals surface area contributed by atoms with Crippen molar-refractivity contribution < 1.29 is 0 Å². The van der Waals surface area contributed by atoms with Gasteiger partial charge in [0, 0.05) is 0 Å². The minimum absolute atomic E-state index is 0.494. The summed E-state index contributed by atoms with van der Waals surface area (Å²) in [6.07, 6.45) is 0. The van der Waals surface area contributed by atoms with Gasteiger partial charge in [0.2, 0.25) is 0 Å². The SMILES string of the molecule is CC(N)(c1ccccc1)c1cccc(-c2ccccc2)c1. The van der Waals surface area contributed by atoms with Crippen LogP contribution in [0.5, 0.6) is 0 Å². The smallest absolute Gasteiger partial charge is 0.0637 e. The van der Waals surface area contributed by atoms with Gasteiger partial charge in [0.25, 0.3) is 0 Å². The predicted octanol–water partition coefficient (Wildman–Crippen LogP) is 4.58. The lowest BCUT2D eigenvalue weighted by Crippen LogP contribution is -2.34. The van der Waals surface area contributed by atoms with Gasteiger partial charge < -0.3 is 5.73 Å². The molecule has 0 saturated carbocycles. The molecule has 1 nitrogen and oxygen atoms in total. The molecule has 3 aromatic carbocycles. The van der Waals surface area contributed by atoms with Crippen LogP contribution in [-0.4, -0.2) is 0 Å². The van der Waals surface area contributed by atoms with E-state index in [9.17, 15) is 0 Å². The zero-order valence-corrected chi connectivity index (χ0v) is 12.2. The highest BCUT2D eigenvalue weighted by Crippen LogP contribution is 2.29. The molecule has 3 rings (SSSR count). The van der Waals surface area contributed by atoms with Gasteiger partial charge in [-0.1, -0.05) is 78.9 Å². The van der Waals surface area contributed by atoms with Gasteiger partial charge in [0.1, 0.15) is 0 Å². The maximum absolute atomic E-state index is 6.61. The van der Waals surface area contributed by atoms with Crippen molar-refractivity contribution in [3.8, 4) is 11.1 Å². The van der Waals surface area contributed by atoms with Crippen LogP contribution >= 0.6 is 0 Å². The molecule has 0 spiro atoms. The molecule has 0 heterocycles. The third-order valence-electron chi connectivity index (χ3n) is 3.94. The summed E-state index contributed by atoms with van der Waals surface area (Å²) >= 11 is 0. The van der Waals surface area contributed by atoms with E-state index in [1.807, 2.05) is 24.3 Å². The molecule has 2 N–H and O–H groups in total. The van der Waals surface area contributed by atoms with Crippen molar-refractivity contribution in [1.29, 1.82) is 0 Å². The summed E-state index contributed by atoms with van der Waals surface area (Å²) in [5.41, 5.74) is 10.8. The first-order valence-electron chi connectivity index (χ1n) is 7.18. The number of hydrogen-bond acceptors (Lipinski definition) is 1. The number of nitrogens with two attached hydrogens (primary N) is 1. The van der Waals surface area contributed by atoms with Crippen molar-refractivity contribution in [1.82, 2.24) is 0 Å². The minimum atomic E-state index is -0.494. The van der Waals surface area contributed by atoms with Crippen LogP contribution in [0.15, 0.2) is 84.9 Å². The lowest BCUT2D eigenvalue weighted by molar-refractivity contribution is 0.603. The first-order chi connectivity index (χ1) is 10.2. The zero-order valence-electron chi connectivity index (χ0n) is 12.2. The minimum Gasteiger partial charge on any atom is -0.318 e. The van der Waals surface area contributed by atoms with Crippen LogP contribution in [0.4, 0.5) is 0 Å². The normalized spacial score (nSPS) is 13.6. The van der Waals surface area contributed by atoms with Crippen LogP contribution in [0.2, 0.25) is 0 Å². The molecule has 0 aliphatic heterocycles. The topological polar surface area (TPSA) is 26.0 Å². The van der Waals surface area contributed by atoms with E-state index in [1.54, 1.807) is 0 Å². The summed E-state index contributed by atoms with van der Waals surface area (Å²) in [4.78, 5) is 0. The van der Waals surface area contributed by atoms with E-state index < -0.39 is 5.54 Å². The Bertz CT molecular complexity index is 715. The summed E-state index contributed by atoms with van der Waals surface area (Å²) in [5.74, 6) is 0. The first kappa shape index (κ1) is 13.6. The largest absolute Gasteiger partial charge is 0.318 e. The van der Waals surface area contributed by atoms with E-state index >= 15 is 0 Å². The van der Waals surface area contributed by atoms with Gasteiger partial charge >= 0.3 is 0 Å². The van der Waals surface area contributed by atoms with E-state index in [0.717, 1.165) is 11.1 Å². The zero-order chi connectivity index (χ0) is 14.7. The second-order valence-electron chi connectivity index (χ2n) is 5.52. The third kappa shape index (κ3) is 2.74. The van der Waals surface area contributed by atoms with Crippen molar-refractivity contribution in [2.24, 2.45) is 5.73 Å². The van der Waals surface area contributed by atoms with Gasteiger partial charge in [0.05, 0.1) is 5.54 Å². The summed E-state index contributed by atoms with van der Waals surface area (Å²) in [6, 6.07) is 29.1. The lowest BCUT2D eigenvalue weighted by Gasteiger charge is -2.26. The average Bonchev–Trinajstić information content (AvgIpc) is 2.57. The molecule has 0 bridgehead atoms. The van der Waals surface area contributed by atoms with Crippen LogP contribution in [0.1, 0.15) is 18.1 Å². The molecule has 1 atom stereocenters. The second kappa shape index (κ2) is 5.55. The van der Waals surface area contributed by atoms with E-state index in [1.165, 1.54) is 11.1 Å². The van der Waals surface area contributed by atoms with Gasteiger partial charge in [-0.15, -0.1) is 0 Å². The molecule has 0 aromatic heterocycles. The number of hydrogen-bond donors (Lipinski definition) is 1. The van der Waals surface area contributed by atoms with E-state index in [4.69, 9.17) is 5.73 Å². The highest BCUT2D eigenvalue weighted by molar-refractivity contribution is 5.64. The van der Waals surface area contributed by atoms with Gasteiger partial charge in [-0.2, -0.15) is 0 Å². The van der Waals surface area contributed by atoms with Crippen LogP contribution in [0.25, 0.3) is 11.1 Å². The second-order valence-corrected chi connectivity index (χ2v) is 5.52. The Kier molecular flexibility index (Phi) is 3.59. The molecule has 0 amide bonds. The fraction of sp³-hybridized carbons (Fsp3) is 0.100. The lowest BCUT2D eigenvalue weighted by atomic mass is 9.84. The molecular formula is C20H19N. The summed E-state index contributed by atoms with van der Waals surface area (Å²) in [5, 5.41) is 0. The highest BCUT2D eigenvalue weighted by Gasteiger charge is 2.23. The molecule has 0 radical (unpaired) electrons.